The molecule has 5 nitrogen and oxygen atoms in total. The quantitative estimate of drug-likeness (QED) is 0.722. The van der Waals surface area contributed by atoms with Gasteiger partial charge in [0.15, 0.2) is 0 Å². The molecular formula is C15H25N3O2S. The smallest absolute Gasteiger partial charge is 0.254 e. The van der Waals surface area contributed by atoms with Gasteiger partial charge in [0.1, 0.15) is 0 Å². The van der Waals surface area contributed by atoms with Gasteiger partial charge in [-0.15, -0.1) is 0 Å². The first-order valence-corrected chi connectivity index (χ1v) is 8.90. The zero-order chi connectivity index (χ0) is 15.1. The van der Waals surface area contributed by atoms with Crippen LogP contribution in [0.15, 0.2) is 6.20 Å². The summed E-state index contributed by atoms with van der Waals surface area (Å²) < 4.78 is 2.03. The Kier molecular flexibility index (Phi) is 6.57. The minimum Gasteiger partial charge on any atom is -0.396 e. The highest BCUT2D eigenvalue weighted by molar-refractivity contribution is 7.99. The molecule has 6 heteroatoms. The van der Waals surface area contributed by atoms with E-state index in [9.17, 15) is 4.79 Å². The Bertz CT molecular complexity index is 456. The number of hydrogen-bond donors (Lipinski definition) is 2. The van der Waals surface area contributed by atoms with E-state index in [2.05, 4.69) is 10.4 Å². The average Bonchev–Trinajstić information content (AvgIpc) is 3.11. The van der Waals surface area contributed by atoms with Crippen molar-refractivity contribution < 1.29 is 9.90 Å². The Morgan fingerprint density at radius 2 is 2.24 bits per heavy atom. The van der Waals surface area contributed by atoms with Crippen LogP contribution in [0.3, 0.4) is 0 Å². The molecule has 21 heavy (non-hydrogen) atoms. The second-order valence-electron chi connectivity index (χ2n) is 5.47. The molecule has 0 atom stereocenters. The lowest BCUT2D eigenvalue weighted by Crippen LogP contribution is -2.26. The fourth-order valence-corrected chi connectivity index (χ4v) is 3.55. The van der Waals surface area contributed by atoms with Crippen molar-refractivity contribution in [3.8, 4) is 0 Å². The second kappa shape index (κ2) is 8.44. The van der Waals surface area contributed by atoms with Gasteiger partial charge in [-0.3, -0.25) is 9.48 Å². The van der Waals surface area contributed by atoms with Crippen LogP contribution in [0.5, 0.6) is 0 Å². The Morgan fingerprint density at radius 1 is 1.48 bits per heavy atom. The molecule has 1 aromatic rings. The minimum absolute atomic E-state index is 0.0282. The molecular weight excluding hydrogens is 286 g/mol. The highest BCUT2D eigenvalue weighted by atomic mass is 32.2. The molecule has 0 aliphatic heterocycles. The van der Waals surface area contributed by atoms with Crippen LogP contribution in [-0.2, 0) is 0 Å². The Labute approximate surface area is 130 Å². The van der Waals surface area contributed by atoms with E-state index in [4.69, 9.17) is 5.11 Å². The molecule has 1 aromatic heterocycles. The van der Waals surface area contributed by atoms with Gasteiger partial charge < -0.3 is 10.4 Å². The molecule has 2 N–H and O–H groups in total. The van der Waals surface area contributed by atoms with Gasteiger partial charge in [-0.2, -0.15) is 16.9 Å². The van der Waals surface area contributed by atoms with E-state index >= 15 is 0 Å². The molecule has 0 aromatic carbocycles. The molecule has 118 valence electrons. The zero-order valence-corrected chi connectivity index (χ0v) is 13.5. The first-order chi connectivity index (χ1) is 10.2. The number of carbonyl (C=O) groups excluding carboxylic acids is 1. The van der Waals surface area contributed by atoms with E-state index in [1.165, 1.54) is 25.7 Å². The Hall–Kier alpha value is -1.01. The Morgan fingerprint density at radius 3 is 2.95 bits per heavy atom. The standard InChI is InChI=1S/C15H25N3O2S/c1-12-14(11-17-18(12)13-5-2-3-6-13)15(20)16-7-10-21-9-4-8-19/h11,13,19H,2-10H2,1H3,(H,16,20). The lowest BCUT2D eigenvalue weighted by molar-refractivity contribution is 0.0955. The molecule has 0 unspecified atom stereocenters. The van der Waals surface area contributed by atoms with Crippen LogP contribution in [0, 0.1) is 6.92 Å². The number of thioether (sulfide) groups is 1. The second-order valence-corrected chi connectivity index (χ2v) is 6.70. The van der Waals surface area contributed by atoms with E-state index < -0.39 is 0 Å². The van der Waals surface area contributed by atoms with Crippen LogP contribution >= 0.6 is 11.8 Å². The van der Waals surface area contributed by atoms with Gasteiger partial charge in [0.05, 0.1) is 17.8 Å². The molecule has 0 saturated heterocycles. The summed E-state index contributed by atoms with van der Waals surface area (Å²) in [6.45, 7) is 2.87. The van der Waals surface area contributed by atoms with Crippen LogP contribution < -0.4 is 5.32 Å². The summed E-state index contributed by atoms with van der Waals surface area (Å²) in [6.07, 6.45) is 7.37. The summed E-state index contributed by atoms with van der Waals surface area (Å²) in [5.41, 5.74) is 1.68. The fourth-order valence-electron chi connectivity index (χ4n) is 2.76. The summed E-state index contributed by atoms with van der Waals surface area (Å²) in [4.78, 5) is 12.2. The van der Waals surface area contributed by atoms with Crippen molar-refractivity contribution in [2.45, 2.75) is 45.1 Å². The summed E-state index contributed by atoms with van der Waals surface area (Å²) in [5.74, 6) is 1.78. The van der Waals surface area contributed by atoms with Gasteiger partial charge >= 0.3 is 0 Å². The maximum absolute atomic E-state index is 12.2. The average molecular weight is 311 g/mol. The molecule has 1 amide bonds. The predicted octanol–water partition coefficient (Wildman–Crippen LogP) is 2.15. The maximum atomic E-state index is 12.2. The van der Waals surface area contributed by atoms with Crippen molar-refractivity contribution in [1.82, 2.24) is 15.1 Å². The van der Waals surface area contributed by atoms with Crippen LogP contribution in [0.4, 0.5) is 0 Å². The van der Waals surface area contributed by atoms with Crippen LogP contribution in [0.2, 0.25) is 0 Å². The molecule has 1 aliphatic rings. The monoisotopic (exact) mass is 311 g/mol. The number of aliphatic hydroxyl groups is 1. The van der Waals surface area contributed by atoms with E-state index in [1.54, 1.807) is 18.0 Å². The minimum atomic E-state index is -0.0282. The van der Waals surface area contributed by atoms with Gasteiger partial charge in [-0.05, 0) is 31.9 Å². The fraction of sp³-hybridized carbons (Fsp3) is 0.733. The van der Waals surface area contributed by atoms with Gasteiger partial charge in [0.25, 0.3) is 5.91 Å². The normalized spacial score (nSPS) is 15.5. The van der Waals surface area contributed by atoms with E-state index in [-0.39, 0.29) is 12.5 Å². The first-order valence-electron chi connectivity index (χ1n) is 7.75. The lowest BCUT2D eigenvalue weighted by atomic mass is 10.2. The van der Waals surface area contributed by atoms with E-state index in [0.717, 1.165) is 23.6 Å². The van der Waals surface area contributed by atoms with Gasteiger partial charge in [-0.25, -0.2) is 0 Å². The molecule has 1 fully saturated rings. The lowest BCUT2D eigenvalue weighted by Gasteiger charge is -2.12. The molecule has 0 radical (unpaired) electrons. The Balaban J connectivity index is 1.79. The third-order valence-corrected chi connectivity index (χ3v) is 5.01. The van der Waals surface area contributed by atoms with Gasteiger partial charge in [0, 0.05) is 24.6 Å². The molecule has 0 spiro atoms. The largest absolute Gasteiger partial charge is 0.396 e. The van der Waals surface area contributed by atoms with E-state index in [0.29, 0.717) is 18.2 Å². The topological polar surface area (TPSA) is 67.2 Å². The summed E-state index contributed by atoms with van der Waals surface area (Å²) in [5, 5.41) is 16.0. The van der Waals surface area contributed by atoms with Crippen molar-refractivity contribution >= 4 is 17.7 Å². The molecule has 1 aliphatic carbocycles. The highest BCUT2D eigenvalue weighted by Crippen LogP contribution is 2.30. The van der Waals surface area contributed by atoms with Crippen molar-refractivity contribution in [2.75, 3.05) is 24.7 Å². The number of nitrogens with one attached hydrogen (secondary N) is 1. The number of carbonyl (C=O) groups is 1. The van der Waals surface area contributed by atoms with Crippen molar-refractivity contribution in [3.63, 3.8) is 0 Å². The zero-order valence-electron chi connectivity index (χ0n) is 12.7. The number of rotatable bonds is 8. The SMILES string of the molecule is Cc1c(C(=O)NCCSCCCO)cnn1C1CCCC1. The molecule has 2 rings (SSSR count). The number of aliphatic hydroxyl groups excluding tert-OH is 1. The highest BCUT2D eigenvalue weighted by Gasteiger charge is 2.22. The summed E-state index contributed by atoms with van der Waals surface area (Å²) in [6, 6.07) is 0.473. The van der Waals surface area contributed by atoms with Crippen LogP contribution in [0.1, 0.15) is 54.2 Å². The van der Waals surface area contributed by atoms with Crippen molar-refractivity contribution in [3.05, 3.63) is 17.5 Å². The number of aromatic nitrogens is 2. The first kappa shape index (κ1) is 16.4. The predicted molar refractivity (Wildman–Crippen MR) is 85.8 cm³/mol. The third kappa shape index (κ3) is 4.48. The summed E-state index contributed by atoms with van der Waals surface area (Å²) in [7, 11) is 0. The van der Waals surface area contributed by atoms with E-state index in [1.807, 2.05) is 11.6 Å². The molecule has 0 bridgehead atoms. The molecule has 1 heterocycles. The van der Waals surface area contributed by atoms with Gasteiger partial charge in [0.2, 0.25) is 0 Å². The van der Waals surface area contributed by atoms with Crippen molar-refractivity contribution in [2.24, 2.45) is 0 Å². The van der Waals surface area contributed by atoms with Crippen LogP contribution in [-0.4, -0.2) is 45.5 Å². The molecule has 1 saturated carbocycles. The third-order valence-electron chi connectivity index (χ3n) is 3.94. The van der Waals surface area contributed by atoms with Gasteiger partial charge in [-0.1, -0.05) is 12.8 Å². The number of hydrogen-bond acceptors (Lipinski definition) is 4. The van der Waals surface area contributed by atoms with Crippen LogP contribution in [0.25, 0.3) is 0 Å². The number of nitrogens with zero attached hydrogens (tertiary/aromatic N) is 2. The summed E-state index contributed by atoms with van der Waals surface area (Å²) >= 11 is 1.75. The number of amides is 1. The van der Waals surface area contributed by atoms with Crippen molar-refractivity contribution in [1.29, 1.82) is 0 Å². The maximum Gasteiger partial charge on any atom is 0.254 e.